The van der Waals surface area contributed by atoms with Crippen LogP contribution in [0.4, 0.5) is 10.8 Å². The Morgan fingerprint density at radius 3 is 2.48 bits per heavy atom. The third-order valence-corrected chi connectivity index (χ3v) is 4.78. The number of piperazine rings is 1. The molecule has 1 fully saturated rings. The molecule has 21 heavy (non-hydrogen) atoms. The number of halogens is 1. The summed E-state index contributed by atoms with van der Waals surface area (Å²) in [5, 5.41) is 14.0. The highest BCUT2D eigenvalue weighted by atomic mass is 35.5. The monoisotopic (exact) mass is 323 g/mol. The fourth-order valence-corrected chi connectivity index (χ4v) is 3.29. The molecule has 1 aromatic heterocycles. The van der Waals surface area contributed by atoms with Gasteiger partial charge in [0, 0.05) is 43.9 Å². The Hall–Kier alpha value is -1.37. The molecule has 5 nitrogen and oxygen atoms in total. The Kier molecular flexibility index (Phi) is 4.57. The van der Waals surface area contributed by atoms with E-state index in [9.17, 15) is 0 Å². The normalized spacial score (nSPS) is 16.2. The predicted octanol–water partition coefficient (Wildman–Crippen LogP) is 2.56. The van der Waals surface area contributed by atoms with Gasteiger partial charge in [0.2, 0.25) is 5.13 Å². The number of benzene rings is 1. The van der Waals surface area contributed by atoms with Crippen molar-refractivity contribution in [1.29, 1.82) is 0 Å². The Morgan fingerprint density at radius 1 is 1.14 bits per heavy atom. The largest absolute Gasteiger partial charge is 0.369 e. The number of rotatable bonds is 4. The smallest absolute Gasteiger partial charge is 0.205 e. The van der Waals surface area contributed by atoms with Crippen molar-refractivity contribution in [3.8, 4) is 0 Å². The van der Waals surface area contributed by atoms with Gasteiger partial charge in [-0.1, -0.05) is 22.9 Å². The van der Waals surface area contributed by atoms with Gasteiger partial charge in [0.25, 0.3) is 0 Å². The number of nitrogens with one attached hydrogen (secondary N) is 1. The zero-order chi connectivity index (χ0) is 14.7. The van der Waals surface area contributed by atoms with Gasteiger partial charge in [-0.15, -0.1) is 10.2 Å². The maximum absolute atomic E-state index is 5.93. The van der Waals surface area contributed by atoms with Gasteiger partial charge >= 0.3 is 0 Å². The summed E-state index contributed by atoms with van der Waals surface area (Å²) in [5.74, 6) is 0. The standard InChI is InChI=1S/C14H18ClN5S/c1-16-14-18-17-13(21-14)10-19-6-8-20(9-7-19)12-4-2-11(15)3-5-12/h2-5H,6-10H2,1H3,(H,16,18). The van der Waals surface area contributed by atoms with Gasteiger partial charge < -0.3 is 10.2 Å². The zero-order valence-electron chi connectivity index (χ0n) is 11.9. The van der Waals surface area contributed by atoms with Crippen molar-refractivity contribution in [2.75, 3.05) is 43.4 Å². The van der Waals surface area contributed by atoms with Crippen molar-refractivity contribution in [2.45, 2.75) is 6.54 Å². The van der Waals surface area contributed by atoms with E-state index in [1.807, 2.05) is 19.2 Å². The summed E-state index contributed by atoms with van der Waals surface area (Å²) < 4.78 is 0. The van der Waals surface area contributed by atoms with E-state index in [1.165, 1.54) is 5.69 Å². The maximum Gasteiger partial charge on any atom is 0.205 e. The first-order chi connectivity index (χ1) is 10.2. The number of nitrogens with zero attached hydrogens (tertiary/aromatic N) is 4. The van der Waals surface area contributed by atoms with E-state index in [-0.39, 0.29) is 0 Å². The quantitative estimate of drug-likeness (QED) is 0.937. The summed E-state index contributed by atoms with van der Waals surface area (Å²) in [5.41, 5.74) is 1.24. The second kappa shape index (κ2) is 6.60. The second-order valence-electron chi connectivity index (χ2n) is 4.99. The molecule has 0 amide bonds. The highest BCUT2D eigenvalue weighted by Crippen LogP contribution is 2.21. The van der Waals surface area contributed by atoms with Crippen molar-refractivity contribution in [3.05, 3.63) is 34.3 Å². The molecule has 0 atom stereocenters. The summed E-state index contributed by atoms with van der Waals surface area (Å²) in [7, 11) is 1.87. The van der Waals surface area contributed by atoms with Gasteiger partial charge in [-0.05, 0) is 24.3 Å². The molecule has 1 N–H and O–H groups in total. The maximum atomic E-state index is 5.93. The molecular weight excluding hydrogens is 306 g/mol. The predicted molar refractivity (Wildman–Crippen MR) is 88.4 cm³/mol. The first kappa shape index (κ1) is 14.6. The molecule has 1 aliphatic rings. The Bertz CT molecular complexity index is 577. The van der Waals surface area contributed by atoms with E-state index in [2.05, 4.69) is 37.4 Å². The molecule has 2 heterocycles. The minimum atomic E-state index is 0.786. The highest BCUT2D eigenvalue weighted by molar-refractivity contribution is 7.15. The minimum Gasteiger partial charge on any atom is -0.369 e. The van der Waals surface area contributed by atoms with Gasteiger partial charge in [-0.3, -0.25) is 4.90 Å². The third-order valence-electron chi connectivity index (χ3n) is 3.60. The molecule has 1 saturated heterocycles. The molecule has 0 radical (unpaired) electrons. The van der Waals surface area contributed by atoms with E-state index >= 15 is 0 Å². The van der Waals surface area contributed by atoms with Crippen molar-refractivity contribution in [1.82, 2.24) is 15.1 Å². The molecule has 1 aliphatic heterocycles. The van der Waals surface area contributed by atoms with Crippen LogP contribution in [0.25, 0.3) is 0 Å². The fourth-order valence-electron chi connectivity index (χ4n) is 2.43. The SMILES string of the molecule is CNc1nnc(CN2CCN(c3ccc(Cl)cc3)CC2)s1. The van der Waals surface area contributed by atoms with Crippen LogP contribution in [0, 0.1) is 0 Å². The average Bonchev–Trinajstić information content (AvgIpc) is 2.97. The molecule has 7 heteroatoms. The first-order valence-corrected chi connectivity index (χ1v) is 8.17. The molecule has 0 saturated carbocycles. The minimum absolute atomic E-state index is 0.786. The molecule has 0 unspecified atom stereocenters. The molecular formula is C14H18ClN5S. The zero-order valence-corrected chi connectivity index (χ0v) is 13.5. The molecule has 0 bridgehead atoms. The average molecular weight is 324 g/mol. The molecule has 0 aliphatic carbocycles. The summed E-state index contributed by atoms with van der Waals surface area (Å²) in [6.45, 7) is 5.01. The van der Waals surface area contributed by atoms with Crippen LogP contribution >= 0.6 is 22.9 Å². The van der Waals surface area contributed by atoms with Crippen molar-refractivity contribution < 1.29 is 0 Å². The van der Waals surface area contributed by atoms with Crippen LogP contribution in [0.5, 0.6) is 0 Å². The first-order valence-electron chi connectivity index (χ1n) is 6.97. The molecule has 112 valence electrons. The lowest BCUT2D eigenvalue weighted by Gasteiger charge is -2.35. The number of aromatic nitrogens is 2. The fraction of sp³-hybridized carbons (Fsp3) is 0.429. The summed E-state index contributed by atoms with van der Waals surface area (Å²) >= 11 is 7.56. The van der Waals surface area contributed by atoms with Gasteiger partial charge in [0.05, 0.1) is 6.54 Å². The van der Waals surface area contributed by atoms with Crippen LogP contribution < -0.4 is 10.2 Å². The van der Waals surface area contributed by atoms with E-state index < -0.39 is 0 Å². The molecule has 3 rings (SSSR count). The van der Waals surface area contributed by atoms with Crippen LogP contribution in [-0.4, -0.2) is 48.3 Å². The van der Waals surface area contributed by atoms with E-state index in [0.717, 1.165) is 47.9 Å². The van der Waals surface area contributed by atoms with Crippen molar-refractivity contribution in [2.24, 2.45) is 0 Å². The molecule has 0 spiro atoms. The van der Waals surface area contributed by atoms with E-state index in [1.54, 1.807) is 11.3 Å². The third kappa shape index (κ3) is 3.64. The van der Waals surface area contributed by atoms with Crippen LogP contribution in [0.15, 0.2) is 24.3 Å². The lowest BCUT2D eigenvalue weighted by Crippen LogP contribution is -2.45. The van der Waals surface area contributed by atoms with Gasteiger partial charge in [0.15, 0.2) is 0 Å². The topological polar surface area (TPSA) is 44.3 Å². The van der Waals surface area contributed by atoms with Crippen molar-refractivity contribution in [3.63, 3.8) is 0 Å². The van der Waals surface area contributed by atoms with Crippen LogP contribution in [0.1, 0.15) is 5.01 Å². The highest BCUT2D eigenvalue weighted by Gasteiger charge is 2.18. The van der Waals surface area contributed by atoms with Gasteiger partial charge in [-0.25, -0.2) is 0 Å². The van der Waals surface area contributed by atoms with Gasteiger partial charge in [-0.2, -0.15) is 0 Å². The van der Waals surface area contributed by atoms with E-state index in [0.29, 0.717) is 0 Å². The number of hydrogen-bond donors (Lipinski definition) is 1. The van der Waals surface area contributed by atoms with E-state index in [4.69, 9.17) is 11.6 Å². The summed E-state index contributed by atoms with van der Waals surface area (Å²) in [6.07, 6.45) is 0. The Balaban J connectivity index is 1.54. The van der Waals surface area contributed by atoms with Crippen LogP contribution in [0.3, 0.4) is 0 Å². The Labute approximate surface area is 133 Å². The van der Waals surface area contributed by atoms with Crippen LogP contribution in [-0.2, 0) is 6.54 Å². The molecule has 2 aromatic rings. The summed E-state index contributed by atoms with van der Waals surface area (Å²) in [6, 6.07) is 8.07. The van der Waals surface area contributed by atoms with Crippen molar-refractivity contribution >= 4 is 33.8 Å². The van der Waals surface area contributed by atoms with Crippen LogP contribution in [0.2, 0.25) is 5.02 Å². The summed E-state index contributed by atoms with van der Waals surface area (Å²) in [4.78, 5) is 4.82. The molecule has 1 aromatic carbocycles. The lowest BCUT2D eigenvalue weighted by atomic mass is 10.2. The van der Waals surface area contributed by atoms with Gasteiger partial charge in [0.1, 0.15) is 5.01 Å². The second-order valence-corrected chi connectivity index (χ2v) is 6.49. The lowest BCUT2D eigenvalue weighted by molar-refractivity contribution is 0.249. The number of hydrogen-bond acceptors (Lipinski definition) is 6. The Morgan fingerprint density at radius 2 is 1.86 bits per heavy atom. The number of anilines is 2.